The first-order valence-corrected chi connectivity index (χ1v) is 6.17. The number of nitrogens with zero attached hydrogens (tertiary/aromatic N) is 2. The standard InChI is InChI=1S/C14H13N3O4/c1-10-5-6-14(19)16(8-10)9-13(18)15-11-3-2-4-12(7-11)17(20)21/h2-8H,9H2,1H3,(H,15,18). The van der Waals surface area contributed by atoms with Crippen molar-refractivity contribution in [2.75, 3.05) is 5.32 Å². The molecule has 7 nitrogen and oxygen atoms in total. The van der Waals surface area contributed by atoms with Gasteiger partial charge >= 0.3 is 0 Å². The van der Waals surface area contributed by atoms with Gasteiger partial charge in [-0.05, 0) is 18.6 Å². The van der Waals surface area contributed by atoms with Gasteiger partial charge in [0.1, 0.15) is 6.54 Å². The van der Waals surface area contributed by atoms with Gasteiger partial charge in [0.25, 0.3) is 11.2 Å². The highest BCUT2D eigenvalue weighted by molar-refractivity contribution is 5.90. The van der Waals surface area contributed by atoms with Crippen molar-refractivity contribution in [2.24, 2.45) is 0 Å². The van der Waals surface area contributed by atoms with Crippen LogP contribution in [0.15, 0.2) is 47.4 Å². The summed E-state index contributed by atoms with van der Waals surface area (Å²) in [6.45, 7) is 1.66. The average molecular weight is 287 g/mol. The molecular formula is C14H13N3O4. The molecule has 0 unspecified atom stereocenters. The van der Waals surface area contributed by atoms with Crippen molar-refractivity contribution in [3.8, 4) is 0 Å². The zero-order chi connectivity index (χ0) is 15.4. The first-order valence-electron chi connectivity index (χ1n) is 6.17. The zero-order valence-corrected chi connectivity index (χ0v) is 11.3. The molecule has 1 aromatic heterocycles. The van der Waals surface area contributed by atoms with Crippen molar-refractivity contribution in [1.82, 2.24) is 4.57 Å². The number of aryl methyl sites for hydroxylation is 1. The van der Waals surface area contributed by atoms with Gasteiger partial charge in [-0.1, -0.05) is 12.1 Å². The maximum Gasteiger partial charge on any atom is 0.271 e. The van der Waals surface area contributed by atoms with Crippen LogP contribution >= 0.6 is 0 Å². The third kappa shape index (κ3) is 3.75. The molecule has 0 bridgehead atoms. The van der Waals surface area contributed by atoms with Gasteiger partial charge in [-0.2, -0.15) is 0 Å². The number of hydrogen-bond donors (Lipinski definition) is 1. The molecule has 1 N–H and O–H groups in total. The minimum atomic E-state index is -0.541. The largest absolute Gasteiger partial charge is 0.324 e. The number of carbonyl (C=O) groups is 1. The van der Waals surface area contributed by atoms with E-state index in [0.717, 1.165) is 5.56 Å². The number of anilines is 1. The number of nitro groups is 1. The predicted molar refractivity (Wildman–Crippen MR) is 77.2 cm³/mol. The zero-order valence-electron chi connectivity index (χ0n) is 11.3. The number of carbonyl (C=O) groups excluding carboxylic acids is 1. The van der Waals surface area contributed by atoms with Crippen LogP contribution in [0, 0.1) is 17.0 Å². The van der Waals surface area contributed by atoms with Crippen LogP contribution in [0.5, 0.6) is 0 Å². The van der Waals surface area contributed by atoms with Crippen LogP contribution in [0.4, 0.5) is 11.4 Å². The Morgan fingerprint density at radius 3 is 2.81 bits per heavy atom. The first kappa shape index (κ1) is 14.4. The SMILES string of the molecule is Cc1ccc(=O)n(CC(=O)Nc2cccc([N+](=O)[O-])c2)c1. The summed E-state index contributed by atoms with van der Waals surface area (Å²) in [5, 5.41) is 13.2. The van der Waals surface area contributed by atoms with Crippen LogP contribution in [0.3, 0.4) is 0 Å². The number of amides is 1. The molecule has 0 fully saturated rings. The lowest BCUT2D eigenvalue weighted by Gasteiger charge is -2.07. The molecule has 2 aromatic rings. The van der Waals surface area contributed by atoms with E-state index in [1.807, 2.05) is 6.92 Å². The molecule has 108 valence electrons. The van der Waals surface area contributed by atoms with Crippen molar-refractivity contribution in [3.63, 3.8) is 0 Å². The molecule has 2 rings (SSSR count). The second kappa shape index (κ2) is 6.00. The topological polar surface area (TPSA) is 94.2 Å². The normalized spacial score (nSPS) is 10.1. The van der Waals surface area contributed by atoms with Gasteiger partial charge in [0, 0.05) is 30.1 Å². The molecule has 0 saturated heterocycles. The molecule has 0 atom stereocenters. The molecule has 0 radical (unpaired) electrons. The summed E-state index contributed by atoms with van der Waals surface area (Å²) in [6, 6.07) is 8.67. The van der Waals surface area contributed by atoms with E-state index in [1.165, 1.54) is 28.8 Å². The van der Waals surface area contributed by atoms with E-state index in [1.54, 1.807) is 18.3 Å². The van der Waals surface area contributed by atoms with Crippen molar-refractivity contribution in [3.05, 3.63) is 68.6 Å². The van der Waals surface area contributed by atoms with E-state index < -0.39 is 10.8 Å². The Morgan fingerprint density at radius 1 is 1.33 bits per heavy atom. The fourth-order valence-corrected chi connectivity index (χ4v) is 1.83. The lowest BCUT2D eigenvalue weighted by atomic mass is 10.3. The van der Waals surface area contributed by atoms with Crippen LogP contribution in [-0.2, 0) is 11.3 Å². The Morgan fingerprint density at radius 2 is 2.10 bits per heavy atom. The molecular weight excluding hydrogens is 274 g/mol. The third-order valence-corrected chi connectivity index (χ3v) is 2.79. The minimum Gasteiger partial charge on any atom is -0.324 e. The van der Waals surface area contributed by atoms with Gasteiger partial charge in [0.2, 0.25) is 5.91 Å². The Bertz CT molecular complexity index is 752. The van der Waals surface area contributed by atoms with Crippen molar-refractivity contribution >= 4 is 17.3 Å². The lowest BCUT2D eigenvalue weighted by molar-refractivity contribution is -0.384. The molecule has 1 amide bonds. The van der Waals surface area contributed by atoms with Gasteiger partial charge in [0.15, 0.2) is 0 Å². The van der Waals surface area contributed by atoms with Crippen LogP contribution in [0.2, 0.25) is 0 Å². The summed E-state index contributed by atoms with van der Waals surface area (Å²) < 4.78 is 1.28. The fourth-order valence-electron chi connectivity index (χ4n) is 1.83. The smallest absolute Gasteiger partial charge is 0.271 e. The molecule has 0 aliphatic carbocycles. The highest BCUT2D eigenvalue weighted by Crippen LogP contribution is 2.16. The molecule has 0 aliphatic heterocycles. The quantitative estimate of drug-likeness (QED) is 0.684. The van der Waals surface area contributed by atoms with E-state index in [9.17, 15) is 19.7 Å². The predicted octanol–water partition coefficient (Wildman–Crippen LogP) is 1.70. The van der Waals surface area contributed by atoms with E-state index in [-0.39, 0.29) is 17.8 Å². The maximum atomic E-state index is 11.9. The summed E-state index contributed by atoms with van der Waals surface area (Å²) in [7, 11) is 0. The van der Waals surface area contributed by atoms with Crippen molar-refractivity contribution in [2.45, 2.75) is 13.5 Å². The van der Waals surface area contributed by atoms with Crippen molar-refractivity contribution < 1.29 is 9.72 Å². The van der Waals surface area contributed by atoms with Gasteiger partial charge in [-0.25, -0.2) is 0 Å². The Kier molecular flexibility index (Phi) is 4.13. The molecule has 1 heterocycles. The van der Waals surface area contributed by atoms with Gasteiger partial charge < -0.3 is 9.88 Å². The van der Waals surface area contributed by atoms with Crippen LogP contribution in [0.25, 0.3) is 0 Å². The number of rotatable bonds is 4. The first-order chi connectivity index (χ1) is 9.95. The number of nitro benzene ring substituents is 1. The maximum absolute atomic E-state index is 11.9. The number of hydrogen-bond acceptors (Lipinski definition) is 4. The Labute approximate surface area is 120 Å². The number of nitrogens with one attached hydrogen (secondary N) is 1. The average Bonchev–Trinajstić information content (AvgIpc) is 2.43. The van der Waals surface area contributed by atoms with E-state index in [0.29, 0.717) is 5.69 Å². The van der Waals surface area contributed by atoms with Crippen LogP contribution in [0.1, 0.15) is 5.56 Å². The van der Waals surface area contributed by atoms with Gasteiger partial charge in [0.05, 0.1) is 4.92 Å². The van der Waals surface area contributed by atoms with E-state index in [4.69, 9.17) is 0 Å². The summed E-state index contributed by atoms with van der Waals surface area (Å²) in [4.78, 5) is 33.6. The number of non-ortho nitro benzene ring substituents is 1. The monoisotopic (exact) mass is 287 g/mol. The highest BCUT2D eigenvalue weighted by atomic mass is 16.6. The second-order valence-corrected chi connectivity index (χ2v) is 4.53. The number of benzene rings is 1. The van der Waals surface area contributed by atoms with Crippen LogP contribution < -0.4 is 10.9 Å². The highest BCUT2D eigenvalue weighted by Gasteiger charge is 2.09. The third-order valence-electron chi connectivity index (χ3n) is 2.79. The summed E-state index contributed by atoms with van der Waals surface area (Å²) >= 11 is 0. The number of aromatic nitrogens is 1. The van der Waals surface area contributed by atoms with Gasteiger partial charge in [-0.3, -0.25) is 19.7 Å². The fraction of sp³-hybridized carbons (Fsp3) is 0.143. The van der Waals surface area contributed by atoms with E-state index >= 15 is 0 Å². The Balaban J connectivity index is 2.11. The lowest BCUT2D eigenvalue weighted by Crippen LogP contribution is -2.26. The number of pyridine rings is 1. The van der Waals surface area contributed by atoms with Gasteiger partial charge in [-0.15, -0.1) is 0 Å². The van der Waals surface area contributed by atoms with Crippen molar-refractivity contribution in [1.29, 1.82) is 0 Å². The van der Waals surface area contributed by atoms with E-state index in [2.05, 4.69) is 5.32 Å². The molecule has 21 heavy (non-hydrogen) atoms. The second-order valence-electron chi connectivity index (χ2n) is 4.53. The Hall–Kier alpha value is -2.96. The summed E-state index contributed by atoms with van der Waals surface area (Å²) in [5.74, 6) is -0.428. The summed E-state index contributed by atoms with van der Waals surface area (Å²) in [5.41, 5.74) is 0.781. The molecule has 0 saturated carbocycles. The molecule has 0 aliphatic rings. The van der Waals surface area contributed by atoms with Crippen LogP contribution in [-0.4, -0.2) is 15.4 Å². The molecule has 1 aromatic carbocycles. The molecule has 7 heteroatoms. The molecule has 0 spiro atoms. The summed E-state index contributed by atoms with van der Waals surface area (Å²) in [6.07, 6.45) is 1.58. The minimum absolute atomic E-state index is 0.111.